The maximum atomic E-state index is 14.4. The third-order valence-corrected chi connectivity index (χ3v) is 4.25. The third kappa shape index (κ3) is 5.06. The van der Waals surface area contributed by atoms with E-state index in [1.54, 1.807) is 12.1 Å². The van der Waals surface area contributed by atoms with Crippen molar-refractivity contribution in [2.24, 2.45) is 10.7 Å². The second kappa shape index (κ2) is 8.65. The van der Waals surface area contributed by atoms with Crippen LogP contribution in [-0.2, 0) is 4.74 Å². The maximum absolute atomic E-state index is 14.4. The van der Waals surface area contributed by atoms with E-state index in [1.807, 2.05) is 20.8 Å². The second-order valence-corrected chi connectivity index (χ2v) is 6.76. The lowest BCUT2D eigenvalue weighted by atomic mass is 10.0. The van der Waals surface area contributed by atoms with Gasteiger partial charge in [-0.05, 0) is 32.9 Å². The summed E-state index contributed by atoms with van der Waals surface area (Å²) in [4.78, 5) is 6.56. The van der Waals surface area contributed by atoms with Crippen LogP contribution in [0.2, 0.25) is 5.02 Å². The minimum Gasteiger partial charge on any atom is -0.376 e. The van der Waals surface area contributed by atoms with E-state index in [1.165, 1.54) is 6.07 Å². The average Bonchev–Trinajstić information content (AvgIpc) is 2.49. The molecule has 2 unspecified atom stereocenters. The van der Waals surface area contributed by atoms with Crippen LogP contribution in [0.15, 0.2) is 23.2 Å². The zero-order valence-electron chi connectivity index (χ0n) is 14.4. The minimum atomic E-state index is -0.322. The normalized spacial score (nSPS) is 21.1. The van der Waals surface area contributed by atoms with Crippen molar-refractivity contribution in [1.29, 1.82) is 0 Å². The molecule has 1 heterocycles. The van der Waals surface area contributed by atoms with Crippen molar-refractivity contribution >= 4 is 17.6 Å². The molecule has 1 saturated heterocycles. The van der Waals surface area contributed by atoms with E-state index in [0.29, 0.717) is 42.8 Å². The topological polar surface area (TPSA) is 62.9 Å². The van der Waals surface area contributed by atoms with Crippen LogP contribution in [0.5, 0.6) is 0 Å². The summed E-state index contributed by atoms with van der Waals surface area (Å²) in [5.74, 6) is 0.0287. The van der Waals surface area contributed by atoms with Crippen LogP contribution in [0.25, 0.3) is 0 Å². The molecule has 7 heteroatoms. The third-order valence-electron chi connectivity index (χ3n) is 3.92. The Balaban J connectivity index is 2.27. The molecule has 1 aliphatic heterocycles. The number of aliphatic imine (C=N–C) groups is 1. The van der Waals surface area contributed by atoms with Gasteiger partial charge in [0.05, 0.1) is 25.3 Å². The zero-order valence-corrected chi connectivity index (χ0v) is 15.2. The van der Waals surface area contributed by atoms with Gasteiger partial charge in [-0.15, -0.1) is 0 Å². The van der Waals surface area contributed by atoms with E-state index in [2.05, 4.69) is 15.2 Å². The fraction of sp³-hybridized carbons (Fsp3) is 0.588. The van der Waals surface area contributed by atoms with Gasteiger partial charge in [-0.3, -0.25) is 9.89 Å². The molecular weight excluding hydrogens is 331 g/mol. The lowest BCUT2D eigenvalue weighted by Gasteiger charge is -2.37. The van der Waals surface area contributed by atoms with Gasteiger partial charge in [0.1, 0.15) is 5.82 Å². The number of nitrogens with zero attached hydrogens (tertiary/aromatic N) is 2. The number of guanidine groups is 1. The number of nitrogens with one attached hydrogen (secondary N) is 1. The molecule has 2 rings (SSSR count). The predicted octanol–water partition coefficient (Wildman–Crippen LogP) is 2.55. The maximum Gasteiger partial charge on any atom is 0.188 e. The largest absolute Gasteiger partial charge is 0.376 e. The van der Waals surface area contributed by atoms with Crippen LogP contribution in [0, 0.1) is 5.82 Å². The van der Waals surface area contributed by atoms with Gasteiger partial charge in [0.2, 0.25) is 0 Å². The van der Waals surface area contributed by atoms with Gasteiger partial charge in [0.15, 0.2) is 5.96 Å². The summed E-state index contributed by atoms with van der Waals surface area (Å²) in [6, 6.07) is 4.65. The summed E-state index contributed by atoms with van der Waals surface area (Å²) in [6.45, 7) is 8.31. The Kier molecular flexibility index (Phi) is 6.83. The Bertz CT molecular complexity index is 561. The van der Waals surface area contributed by atoms with Crippen molar-refractivity contribution in [3.63, 3.8) is 0 Å². The molecule has 0 bridgehead atoms. The summed E-state index contributed by atoms with van der Waals surface area (Å²) in [5, 5.41) is 3.46. The molecule has 1 aromatic rings. The summed E-state index contributed by atoms with van der Waals surface area (Å²) >= 11 is 6.29. The van der Waals surface area contributed by atoms with Crippen molar-refractivity contribution in [2.45, 2.75) is 39.0 Å². The Morgan fingerprint density at radius 2 is 2.29 bits per heavy atom. The minimum absolute atomic E-state index is 0.0851. The first kappa shape index (κ1) is 19.0. The summed E-state index contributed by atoms with van der Waals surface area (Å²) in [5.41, 5.74) is 6.37. The Morgan fingerprint density at radius 1 is 1.54 bits per heavy atom. The highest BCUT2D eigenvalue weighted by molar-refractivity contribution is 6.31. The molecule has 2 atom stereocenters. The molecule has 1 fully saturated rings. The Hall–Kier alpha value is -1.37. The molecule has 1 aromatic carbocycles. The van der Waals surface area contributed by atoms with Crippen LogP contribution in [-0.4, -0.2) is 49.2 Å². The number of hydrogen-bond acceptors (Lipinski definition) is 3. The van der Waals surface area contributed by atoms with Crippen molar-refractivity contribution < 1.29 is 9.13 Å². The fourth-order valence-electron chi connectivity index (χ4n) is 2.87. The van der Waals surface area contributed by atoms with Crippen molar-refractivity contribution in [3.8, 4) is 0 Å². The first-order valence-corrected chi connectivity index (χ1v) is 8.62. The molecule has 0 radical (unpaired) electrons. The number of nitrogens with two attached hydrogens (primary N) is 1. The van der Waals surface area contributed by atoms with Crippen LogP contribution in [0.4, 0.5) is 4.39 Å². The van der Waals surface area contributed by atoms with E-state index in [0.717, 1.165) is 0 Å². The molecule has 3 N–H and O–H groups in total. The second-order valence-electron chi connectivity index (χ2n) is 6.35. The van der Waals surface area contributed by atoms with Crippen molar-refractivity contribution in [3.05, 3.63) is 34.6 Å². The zero-order chi connectivity index (χ0) is 17.7. The van der Waals surface area contributed by atoms with Gasteiger partial charge in [0, 0.05) is 29.7 Å². The number of halogens is 2. The molecule has 1 aliphatic rings. The van der Waals surface area contributed by atoms with Crippen LogP contribution in [0.1, 0.15) is 32.4 Å². The lowest BCUT2D eigenvalue weighted by molar-refractivity contribution is -0.0336. The lowest BCUT2D eigenvalue weighted by Crippen LogP contribution is -2.45. The van der Waals surface area contributed by atoms with E-state index >= 15 is 0 Å². The Labute approximate surface area is 148 Å². The van der Waals surface area contributed by atoms with Gasteiger partial charge in [-0.1, -0.05) is 17.7 Å². The van der Waals surface area contributed by atoms with E-state index < -0.39 is 0 Å². The monoisotopic (exact) mass is 356 g/mol. The smallest absolute Gasteiger partial charge is 0.188 e. The number of morpholine rings is 1. The van der Waals surface area contributed by atoms with Crippen LogP contribution in [0.3, 0.4) is 0 Å². The van der Waals surface area contributed by atoms with Crippen LogP contribution < -0.4 is 11.1 Å². The number of hydrogen-bond donors (Lipinski definition) is 2. The number of benzene rings is 1. The standard InChI is InChI=1S/C17H26ClFN4O/c1-11(2)22-17(20)21-9-15(23-7-8-24-12(3)10-23)16-13(18)5-4-6-14(16)19/h4-6,11-12,15H,7-10H2,1-3H3,(H3,20,21,22). The quantitative estimate of drug-likeness (QED) is 0.628. The SMILES string of the molecule is CC(C)NC(N)=NCC(c1c(F)cccc1Cl)N1CCOC(C)C1. The van der Waals surface area contributed by atoms with E-state index in [-0.39, 0.29) is 24.0 Å². The summed E-state index contributed by atoms with van der Waals surface area (Å²) < 4.78 is 20.0. The summed E-state index contributed by atoms with van der Waals surface area (Å²) in [6.07, 6.45) is 0.0851. The first-order valence-electron chi connectivity index (χ1n) is 8.24. The molecule has 0 saturated carbocycles. The number of rotatable bonds is 5. The number of ether oxygens (including phenoxy) is 1. The van der Waals surface area contributed by atoms with Gasteiger partial charge >= 0.3 is 0 Å². The molecule has 134 valence electrons. The van der Waals surface area contributed by atoms with Gasteiger partial charge < -0.3 is 15.8 Å². The highest BCUT2D eigenvalue weighted by atomic mass is 35.5. The highest BCUT2D eigenvalue weighted by Crippen LogP contribution is 2.31. The Morgan fingerprint density at radius 3 is 2.92 bits per heavy atom. The highest BCUT2D eigenvalue weighted by Gasteiger charge is 2.29. The van der Waals surface area contributed by atoms with Crippen molar-refractivity contribution in [2.75, 3.05) is 26.2 Å². The van der Waals surface area contributed by atoms with Crippen LogP contribution >= 0.6 is 11.6 Å². The molecule has 5 nitrogen and oxygen atoms in total. The molecule has 0 aromatic heterocycles. The molecule has 0 amide bonds. The molecule has 24 heavy (non-hydrogen) atoms. The predicted molar refractivity (Wildman–Crippen MR) is 95.9 cm³/mol. The summed E-state index contributed by atoms with van der Waals surface area (Å²) in [7, 11) is 0. The van der Waals surface area contributed by atoms with Gasteiger partial charge in [-0.2, -0.15) is 0 Å². The van der Waals surface area contributed by atoms with Gasteiger partial charge in [0.25, 0.3) is 0 Å². The molecule has 0 aliphatic carbocycles. The van der Waals surface area contributed by atoms with Crippen molar-refractivity contribution in [1.82, 2.24) is 10.2 Å². The molecular formula is C17H26ClFN4O. The fourth-order valence-corrected chi connectivity index (χ4v) is 3.16. The van der Waals surface area contributed by atoms with Gasteiger partial charge in [-0.25, -0.2) is 4.39 Å². The van der Waals surface area contributed by atoms with E-state index in [4.69, 9.17) is 22.1 Å². The van der Waals surface area contributed by atoms with E-state index in [9.17, 15) is 4.39 Å². The molecule has 0 spiro atoms. The first-order chi connectivity index (χ1) is 11.4. The average molecular weight is 357 g/mol.